The van der Waals surface area contributed by atoms with Gasteiger partial charge >= 0.3 is 0 Å². The lowest BCUT2D eigenvalue weighted by atomic mass is 9.93. The highest BCUT2D eigenvalue weighted by Gasteiger charge is 2.27. The summed E-state index contributed by atoms with van der Waals surface area (Å²) in [6, 6.07) is 15.8. The van der Waals surface area contributed by atoms with E-state index in [-0.39, 0.29) is 0 Å². The van der Waals surface area contributed by atoms with E-state index in [2.05, 4.69) is 48.6 Å². The van der Waals surface area contributed by atoms with Gasteiger partial charge in [-0.3, -0.25) is 0 Å². The third kappa shape index (κ3) is 2.46. The number of ether oxygens (including phenoxy) is 2. The monoisotopic (exact) mass is 295 g/mol. The van der Waals surface area contributed by atoms with Crippen molar-refractivity contribution in [2.45, 2.75) is 31.7 Å². The Morgan fingerprint density at radius 3 is 2.59 bits per heavy atom. The average molecular weight is 295 g/mol. The number of benzene rings is 2. The van der Waals surface area contributed by atoms with Crippen LogP contribution < -0.4 is 14.8 Å². The second-order valence-electron chi connectivity index (χ2n) is 6.10. The SMILES string of the molecule is CCc1ccc(C2CC(c3ccc4c(c3)OCO4)CN2)cc1. The van der Waals surface area contributed by atoms with Crippen molar-refractivity contribution in [2.75, 3.05) is 13.3 Å². The summed E-state index contributed by atoms with van der Waals surface area (Å²) in [5, 5.41) is 3.65. The van der Waals surface area contributed by atoms with Gasteiger partial charge in [-0.2, -0.15) is 0 Å². The molecule has 1 saturated heterocycles. The van der Waals surface area contributed by atoms with Crippen molar-refractivity contribution in [1.29, 1.82) is 0 Å². The third-order valence-corrected chi connectivity index (χ3v) is 4.79. The first-order valence-corrected chi connectivity index (χ1v) is 8.05. The maximum Gasteiger partial charge on any atom is 0.231 e. The molecule has 3 nitrogen and oxygen atoms in total. The maximum absolute atomic E-state index is 5.49. The molecule has 2 aliphatic rings. The van der Waals surface area contributed by atoms with Crippen molar-refractivity contribution in [2.24, 2.45) is 0 Å². The van der Waals surface area contributed by atoms with E-state index in [0.29, 0.717) is 18.8 Å². The predicted octanol–water partition coefficient (Wildman–Crippen LogP) is 3.80. The normalized spacial score (nSPS) is 23.0. The quantitative estimate of drug-likeness (QED) is 0.934. The second-order valence-corrected chi connectivity index (χ2v) is 6.10. The molecule has 1 N–H and O–H groups in total. The number of aryl methyl sites for hydroxylation is 1. The van der Waals surface area contributed by atoms with Crippen molar-refractivity contribution in [1.82, 2.24) is 5.32 Å². The molecule has 22 heavy (non-hydrogen) atoms. The van der Waals surface area contributed by atoms with Crippen LogP contribution in [0.15, 0.2) is 42.5 Å². The lowest BCUT2D eigenvalue weighted by Gasteiger charge is -2.12. The first-order chi connectivity index (χ1) is 10.8. The van der Waals surface area contributed by atoms with Crippen LogP contribution in [0.4, 0.5) is 0 Å². The van der Waals surface area contributed by atoms with Gasteiger partial charge in [-0.15, -0.1) is 0 Å². The van der Waals surface area contributed by atoms with Crippen LogP contribution >= 0.6 is 0 Å². The van der Waals surface area contributed by atoms with Crippen molar-refractivity contribution in [3.8, 4) is 11.5 Å². The summed E-state index contributed by atoms with van der Waals surface area (Å²) in [7, 11) is 0. The number of nitrogens with one attached hydrogen (secondary N) is 1. The zero-order valence-electron chi connectivity index (χ0n) is 12.8. The summed E-state index contributed by atoms with van der Waals surface area (Å²) in [4.78, 5) is 0. The van der Waals surface area contributed by atoms with Gasteiger partial charge < -0.3 is 14.8 Å². The van der Waals surface area contributed by atoms with Gasteiger partial charge in [0.05, 0.1) is 0 Å². The molecular formula is C19H21NO2. The molecule has 0 bridgehead atoms. The van der Waals surface area contributed by atoms with E-state index in [1.54, 1.807) is 0 Å². The van der Waals surface area contributed by atoms with Crippen LogP contribution in [-0.4, -0.2) is 13.3 Å². The minimum Gasteiger partial charge on any atom is -0.454 e. The molecular weight excluding hydrogens is 274 g/mol. The fourth-order valence-electron chi connectivity index (χ4n) is 3.40. The predicted molar refractivity (Wildman–Crippen MR) is 86.5 cm³/mol. The van der Waals surface area contributed by atoms with E-state index >= 15 is 0 Å². The summed E-state index contributed by atoms with van der Waals surface area (Å²) in [6.45, 7) is 3.55. The topological polar surface area (TPSA) is 30.5 Å². The van der Waals surface area contributed by atoms with Crippen LogP contribution in [0.2, 0.25) is 0 Å². The average Bonchev–Trinajstić information content (AvgIpc) is 3.23. The number of hydrogen-bond acceptors (Lipinski definition) is 3. The van der Waals surface area contributed by atoms with Crippen molar-refractivity contribution in [3.63, 3.8) is 0 Å². The van der Waals surface area contributed by atoms with E-state index in [9.17, 15) is 0 Å². The molecule has 1 fully saturated rings. The first-order valence-electron chi connectivity index (χ1n) is 8.05. The summed E-state index contributed by atoms with van der Waals surface area (Å²) >= 11 is 0. The van der Waals surface area contributed by atoms with Gasteiger partial charge in [0.15, 0.2) is 11.5 Å². The molecule has 0 radical (unpaired) electrons. The Labute approximate surface area is 131 Å². The van der Waals surface area contributed by atoms with Crippen molar-refractivity contribution in [3.05, 3.63) is 59.2 Å². The second kappa shape index (κ2) is 5.65. The van der Waals surface area contributed by atoms with E-state index in [1.807, 2.05) is 6.07 Å². The highest BCUT2D eigenvalue weighted by Crippen LogP contribution is 2.39. The van der Waals surface area contributed by atoms with E-state index in [0.717, 1.165) is 30.9 Å². The van der Waals surface area contributed by atoms with Gasteiger partial charge in [0.1, 0.15) is 0 Å². The van der Waals surface area contributed by atoms with Gasteiger partial charge in [-0.1, -0.05) is 37.3 Å². The number of rotatable bonds is 3. The largest absolute Gasteiger partial charge is 0.454 e. The molecule has 4 rings (SSSR count). The zero-order chi connectivity index (χ0) is 14.9. The van der Waals surface area contributed by atoms with Crippen LogP contribution in [0.1, 0.15) is 42.0 Å². The Kier molecular flexibility index (Phi) is 3.51. The molecule has 114 valence electrons. The fraction of sp³-hybridized carbons (Fsp3) is 0.368. The standard InChI is InChI=1S/C19H21NO2/c1-2-13-3-5-14(6-4-13)17-9-16(11-20-17)15-7-8-18-19(10-15)22-12-21-18/h3-8,10,16-17,20H,2,9,11-12H2,1H3. The van der Waals surface area contributed by atoms with Gasteiger partial charge in [-0.25, -0.2) is 0 Å². The summed E-state index contributed by atoms with van der Waals surface area (Å²) in [5.41, 5.74) is 4.12. The molecule has 0 aromatic heterocycles. The lowest BCUT2D eigenvalue weighted by Crippen LogP contribution is -2.13. The molecule has 0 saturated carbocycles. The lowest BCUT2D eigenvalue weighted by molar-refractivity contribution is 0.174. The smallest absolute Gasteiger partial charge is 0.231 e. The Morgan fingerprint density at radius 1 is 1.00 bits per heavy atom. The van der Waals surface area contributed by atoms with Gasteiger partial charge in [0, 0.05) is 12.6 Å². The van der Waals surface area contributed by atoms with Crippen LogP contribution in [0.5, 0.6) is 11.5 Å². The zero-order valence-corrected chi connectivity index (χ0v) is 12.8. The highest BCUT2D eigenvalue weighted by atomic mass is 16.7. The van der Waals surface area contributed by atoms with Crippen LogP contribution in [0, 0.1) is 0 Å². The van der Waals surface area contributed by atoms with E-state index < -0.39 is 0 Å². The number of fused-ring (bicyclic) bond motifs is 1. The molecule has 2 aromatic rings. The minimum atomic E-state index is 0.341. The Morgan fingerprint density at radius 2 is 1.77 bits per heavy atom. The molecule has 2 heterocycles. The molecule has 2 unspecified atom stereocenters. The Bertz CT molecular complexity index is 666. The van der Waals surface area contributed by atoms with Crippen molar-refractivity contribution >= 4 is 0 Å². The Balaban J connectivity index is 1.49. The minimum absolute atomic E-state index is 0.341. The van der Waals surface area contributed by atoms with Gasteiger partial charge in [0.25, 0.3) is 0 Å². The first kappa shape index (κ1) is 13.6. The van der Waals surface area contributed by atoms with Crippen LogP contribution in [0.25, 0.3) is 0 Å². The van der Waals surface area contributed by atoms with Crippen LogP contribution in [-0.2, 0) is 6.42 Å². The summed E-state index contributed by atoms with van der Waals surface area (Å²) < 4.78 is 10.9. The summed E-state index contributed by atoms with van der Waals surface area (Å²) in [5.74, 6) is 2.28. The van der Waals surface area contributed by atoms with E-state index in [1.165, 1.54) is 16.7 Å². The Hall–Kier alpha value is -2.00. The molecule has 2 aliphatic heterocycles. The molecule has 0 amide bonds. The summed E-state index contributed by atoms with van der Waals surface area (Å²) in [6.07, 6.45) is 2.23. The van der Waals surface area contributed by atoms with Gasteiger partial charge in [0.2, 0.25) is 6.79 Å². The van der Waals surface area contributed by atoms with E-state index in [4.69, 9.17) is 9.47 Å². The molecule has 0 spiro atoms. The molecule has 2 aromatic carbocycles. The fourth-order valence-corrected chi connectivity index (χ4v) is 3.40. The molecule has 0 aliphatic carbocycles. The highest BCUT2D eigenvalue weighted by molar-refractivity contribution is 5.46. The molecule has 2 atom stereocenters. The number of hydrogen-bond donors (Lipinski definition) is 1. The maximum atomic E-state index is 5.49. The van der Waals surface area contributed by atoms with Crippen LogP contribution in [0.3, 0.4) is 0 Å². The van der Waals surface area contributed by atoms with Crippen molar-refractivity contribution < 1.29 is 9.47 Å². The third-order valence-electron chi connectivity index (χ3n) is 4.79. The van der Waals surface area contributed by atoms with Gasteiger partial charge in [-0.05, 0) is 47.6 Å². The molecule has 3 heteroatoms.